The zero-order valence-corrected chi connectivity index (χ0v) is 14.4. The first-order valence-corrected chi connectivity index (χ1v) is 8.90. The lowest BCUT2D eigenvalue weighted by Crippen LogP contribution is -2.46. The minimum absolute atomic E-state index is 0.590. The van der Waals surface area contributed by atoms with Crippen LogP contribution in [0, 0.1) is 11.3 Å². The second-order valence-corrected chi connectivity index (χ2v) is 6.89. The minimum atomic E-state index is 0.590. The molecule has 0 aliphatic carbocycles. The number of benzene rings is 1. The quantitative estimate of drug-likeness (QED) is 0.703. The fraction of sp³-hybridized carbons (Fsp3) is 0.235. The standard InChI is InChI=1S/C17H14ClN5S/c18-13-1-2-15-14(9-13)16(12(10-19)11-21-15)22-4-6-23(7-5-22)17-20-3-8-24-17/h1-3,8-9,11H,4-7H2. The summed E-state index contributed by atoms with van der Waals surface area (Å²) in [5, 5.41) is 14.1. The van der Waals surface area contributed by atoms with E-state index in [1.807, 2.05) is 29.8 Å². The van der Waals surface area contributed by atoms with Gasteiger partial charge in [0.2, 0.25) is 0 Å². The fourth-order valence-electron chi connectivity index (χ4n) is 3.07. The van der Waals surface area contributed by atoms with E-state index in [4.69, 9.17) is 11.6 Å². The maximum absolute atomic E-state index is 9.51. The van der Waals surface area contributed by atoms with Gasteiger partial charge in [0.25, 0.3) is 0 Å². The van der Waals surface area contributed by atoms with Crippen LogP contribution in [0.5, 0.6) is 0 Å². The van der Waals surface area contributed by atoms with Crippen molar-refractivity contribution in [3.8, 4) is 6.07 Å². The van der Waals surface area contributed by atoms with Crippen molar-refractivity contribution >= 4 is 44.7 Å². The Kier molecular flexibility index (Phi) is 3.97. The number of nitriles is 1. The summed E-state index contributed by atoms with van der Waals surface area (Å²) < 4.78 is 0. The van der Waals surface area contributed by atoms with Crippen LogP contribution in [0.15, 0.2) is 36.0 Å². The van der Waals surface area contributed by atoms with Crippen LogP contribution >= 0.6 is 22.9 Å². The van der Waals surface area contributed by atoms with Crippen molar-refractivity contribution in [1.29, 1.82) is 5.26 Å². The third-order valence-electron chi connectivity index (χ3n) is 4.21. The van der Waals surface area contributed by atoms with Gasteiger partial charge in [-0.3, -0.25) is 4.98 Å². The first-order valence-electron chi connectivity index (χ1n) is 7.64. The molecule has 1 aliphatic rings. The van der Waals surface area contributed by atoms with E-state index in [0.717, 1.165) is 47.9 Å². The molecule has 120 valence electrons. The highest BCUT2D eigenvalue weighted by molar-refractivity contribution is 7.13. The van der Waals surface area contributed by atoms with Crippen molar-refractivity contribution in [3.63, 3.8) is 0 Å². The van der Waals surface area contributed by atoms with E-state index < -0.39 is 0 Å². The Labute approximate surface area is 148 Å². The van der Waals surface area contributed by atoms with Crippen LogP contribution < -0.4 is 9.80 Å². The summed E-state index contributed by atoms with van der Waals surface area (Å²) in [4.78, 5) is 13.3. The van der Waals surface area contributed by atoms with Gasteiger partial charge in [0, 0.05) is 54.4 Å². The van der Waals surface area contributed by atoms with Crippen LogP contribution in [0.4, 0.5) is 10.8 Å². The molecule has 1 saturated heterocycles. The molecular formula is C17H14ClN5S. The first kappa shape index (κ1) is 15.2. The maximum Gasteiger partial charge on any atom is 0.185 e. The van der Waals surface area contributed by atoms with Gasteiger partial charge in [0.15, 0.2) is 5.13 Å². The molecule has 3 aromatic rings. The van der Waals surface area contributed by atoms with Crippen molar-refractivity contribution in [3.05, 3.63) is 46.6 Å². The Morgan fingerprint density at radius 1 is 1.12 bits per heavy atom. The molecular weight excluding hydrogens is 342 g/mol. The number of anilines is 2. The molecule has 24 heavy (non-hydrogen) atoms. The van der Waals surface area contributed by atoms with Crippen molar-refractivity contribution in [1.82, 2.24) is 9.97 Å². The Balaban J connectivity index is 1.69. The third kappa shape index (κ3) is 2.66. The number of thiazole rings is 1. The van der Waals surface area contributed by atoms with Gasteiger partial charge in [-0.2, -0.15) is 5.26 Å². The molecule has 0 spiro atoms. The van der Waals surface area contributed by atoms with Gasteiger partial charge in [0.1, 0.15) is 6.07 Å². The van der Waals surface area contributed by atoms with Crippen LogP contribution in [0.1, 0.15) is 5.56 Å². The van der Waals surface area contributed by atoms with Crippen LogP contribution in [-0.4, -0.2) is 36.1 Å². The predicted molar refractivity (Wildman–Crippen MR) is 98.0 cm³/mol. The van der Waals surface area contributed by atoms with Crippen molar-refractivity contribution in [2.75, 3.05) is 36.0 Å². The minimum Gasteiger partial charge on any atom is -0.366 e. The van der Waals surface area contributed by atoms with Crippen LogP contribution in [-0.2, 0) is 0 Å². The van der Waals surface area contributed by atoms with E-state index in [1.54, 1.807) is 17.5 Å². The Hall–Kier alpha value is -2.36. The molecule has 0 saturated carbocycles. The van der Waals surface area contributed by atoms with Crippen LogP contribution in [0.2, 0.25) is 5.02 Å². The molecule has 0 radical (unpaired) electrons. The summed E-state index contributed by atoms with van der Waals surface area (Å²) in [6.45, 7) is 3.42. The molecule has 0 bridgehead atoms. The lowest BCUT2D eigenvalue weighted by atomic mass is 10.1. The number of halogens is 1. The molecule has 0 atom stereocenters. The number of nitrogens with zero attached hydrogens (tertiary/aromatic N) is 5. The van der Waals surface area contributed by atoms with Gasteiger partial charge < -0.3 is 9.80 Å². The van der Waals surface area contributed by atoms with Gasteiger partial charge in [0.05, 0.1) is 16.8 Å². The largest absolute Gasteiger partial charge is 0.366 e. The summed E-state index contributed by atoms with van der Waals surface area (Å²) in [5.41, 5.74) is 2.38. The molecule has 0 amide bonds. The number of hydrogen-bond donors (Lipinski definition) is 0. The highest BCUT2D eigenvalue weighted by Gasteiger charge is 2.23. The number of pyridine rings is 1. The highest BCUT2D eigenvalue weighted by Crippen LogP contribution is 2.32. The molecule has 1 fully saturated rings. The lowest BCUT2D eigenvalue weighted by Gasteiger charge is -2.36. The van der Waals surface area contributed by atoms with E-state index in [9.17, 15) is 5.26 Å². The Morgan fingerprint density at radius 3 is 2.62 bits per heavy atom. The number of rotatable bonds is 2. The van der Waals surface area contributed by atoms with E-state index in [0.29, 0.717) is 10.6 Å². The summed E-state index contributed by atoms with van der Waals surface area (Å²) in [7, 11) is 0. The van der Waals surface area contributed by atoms with Gasteiger partial charge in [-0.05, 0) is 18.2 Å². The molecule has 0 N–H and O–H groups in total. The summed E-state index contributed by atoms with van der Waals surface area (Å²) in [6.07, 6.45) is 3.48. The Morgan fingerprint density at radius 2 is 1.92 bits per heavy atom. The molecule has 2 aromatic heterocycles. The highest BCUT2D eigenvalue weighted by atomic mass is 35.5. The zero-order chi connectivity index (χ0) is 16.5. The van der Waals surface area contributed by atoms with Crippen molar-refractivity contribution in [2.45, 2.75) is 0 Å². The van der Waals surface area contributed by atoms with Gasteiger partial charge in [-0.25, -0.2) is 4.98 Å². The maximum atomic E-state index is 9.51. The zero-order valence-electron chi connectivity index (χ0n) is 12.8. The summed E-state index contributed by atoms with van der Waals surface area (Å²) in [5.74, 6) is 0. The molecule has 4 rings (SSSR count). The Bertz CT molecular complexity index is 911. The van der Waals surface area contributed by atoms with Gasteiger partial charge >= 0.3 is 0 Å². The summed E-state index contributed by atoms with van der Waals surface area (Å²) in [6, 6.07) is 7.89. The van der Waals surface area contributed by atoms with Crippen molar-refractivity contribution in [2.24, 2.45) is 0 Å². The van der Waals surface area contributed by atoms with E-state index in [1.165, 1.54) is 0 Å². The number of hydrogen-bond acceptors (Lipinski definition) is 6. The summed E-state index contributed by atoms with van der Waals surface area (Å²) >= 11 is 7.83. The molecule has 0 unspecified atom stereocenters. The van der Waals surface area contributed by atoms with E-state index >= 15 is 0 Å². The predicted octanol–water partition coefficient (Wildman–Crippen LogP) is 3.54. The number of piperazine rings is 1. The molecule has 5 nitrogen and oxygen atoms in total. The second kappa shape index (κ2) is 6.27. The topological polar surface area (TPSA) is 56.1 Å². The average Bonchev–Trinajstić information content (AvgIpc) is 3.15. The number of aromatic nitrogens is 2. The first-order chi connectivity index (χ1) is 11.8. The number of fused-ring (bicyclic) bond motifs is 1. The normalized spacial score (nSPS) is 14.8. The van der Waals surface area contributed by atoms with Gasteiger partial charge in [-0.15, -0.1) is 11.3 Å². The average molecular weight is 356 g/mol. The third-order valence-corrected chi connectivity index (χ3v) is 5.28. The monoisotopic (exact) mass is 355 g/mol. The second-order valence-electron chi connectivity index (χ2n) is 5.58. The van der Waals surface area contributed by atoms with E-state index in [-0.39, 0.29) is 0 Å². The lowest BCUT2D eigenvalue weighted by molar-refractivity contribution is 0.653. The van der Waals surface area contributed by atoms with Crippen molar-refractivity contribution < 1.29 is 0 Å². The molecule has 1 aliphatic heterocycles. The van der Waals surface area contributed by atoms with Crippen LogP contribution in [0.3, 0.4) is 0 Å². The molecule has 7 heteroatoms. The smallest absolute Gasteiger partial charge is 0.185 e. The van der Waals surface area contributed by atoms with Gasteiger partial charge in [-0.1, -0.05) is 11.6 Å². The van der Waals surface area contributed by atoms with Crippen LogP contribution in [0.25, 0.3) is 10.9 Å². The fourth-order valence-corrected chi connectivity index (χ4v) is 3.94. The SMILES string of the molecule is N#Cc1cnc2ccc(Cl)cc2c1N1CCN(c2nccs2)CC1. The molecule has 3 heterocycles. The molecule has 1 aromatic carbocycles. The van der Waals surface area contributed by atoms with E-state index in [2.05, 4.69) is 25.8 Å².